The molecule has 0 aliphatic carbocycles. The van der Waals surface area contributed by atoms with Gasteiger partial charge in [-0.05, 0) is 30.4 Å². The number of ether oxygens (including phenoxy) is 1. The molecule has 1 atom stereocenters. The molecule has 1 aromatic rings. The normalized spacial score (nSPS) is 20.4. The van der Waals surface area contributed by atoms with Crippen molar-refractivity contribution < 1.29 is 19.4 Å². The fourth-order valence-corrected chi connectivity index (χ4v) is 3.23. The van der Waals surface area contributed by atoms with Gasteiger partial charge >= 0.3 is 0 Å². The first-order valence-electron chi connectivity index (χ1n) is 8.74. The number of hydrogen-bond acceptors (Lipinski definition) is 4. The number of methoxy groups -OCH3 is 1. The third-order valence-electron chi connectivity index (χ3n) is 4.92. The quantitative estimate of drug-likeness (QED) is 0.784. The number of nitrogens with one attached hydrogen (secondary N) is 1. The Kier molecular flexibility index (Phi) is 6.96. The van der Waals surface area contributed by atoms with Crippen LogP contribution in [0.4, 0.5) is 0 Å². The molecule has 0 radical (unpaired) electrons. The Balaban J connectivity index is 1.81. The topological polar surface area (TPSA) is 78.9 Å². The molecule has 1 fully saturated rings. The number of carbonyl (C=O) groups excluding carboxylic acids is 2. The number of likely N-dealkylation sites (tertiary alicyclic amines) is 1. The van der Waals surface area contributed by atoms with Crippen LogP contribution in [0.1, 0.15) is 43.7 Å². The zero-order chi connectivity index (χ0) is 18.3. The van der Waals surface area contributed by atoms with Crippen LogP contribution in [0.15, 0.2) is 24.3 Å². The fraction of sp³-hybridized carbons (Fsp3) is 0.579. The Bertz CT molecular complexity index is 588. The van der Waals surface area contributed by atoms with Crippen molar-refractivity contribution in [1.82, 2.24) is 10.2 Å². The minimum Gasteiger partial charge on any atom is -0.392 e. The zero-order valence-corrected chi connectivity index (χ0v) is 15.1. The van der Waals surface area contributed by atoms with E-state index in [1.165, 1.54) is 0 Å². The Morgan fingerprint density at radius 1 is 1.28 bits per heavy atom. The van der Waals surface area contributed by atoms with E-state index in [-0.39, 0.29) is 18.4 Å². The number of nitrogens with zero attached hydrogens (tertiary/aromatic N) is 1. The Hall–Kier alpha value is -1.92. The molecule has 138 valence electrons. The predicted octanol–water partition coefficient (Wildman–Crippen LogP) is 1.60. The van der Waals surface area contributed by atoms with Gasteiger partial charge in [-0.3, -0.25) is 9.59 Å². The molecule has 1 aliphatic heterocycles. The van der Waals surface area contributed by atoms with Crippen LogP contribution in [0.25, 0.3) is 0 Å². The van der Waals surface area contributed by atoms with Gasteiger partial charge < -0.3 is 20.1 Å². The van der Waals surface area contributed by atoms with Gasteiger partial charge in [-0.2, -0.15) is 0 Å². The molecule has 2 rings (SSSR count). The standard InChI is InChI=1S/C19H28N2O4/c1-15(23)21-11-3-9-19(14-21,25-2)10-8-18(24)20-12-16-4-6-17(13-22)7-5-16/h4-7,22H,3,8-14H2,1-2H3,(H,20,24). The number of hydrogen-bond donors (Lipinski definition) is 2. The molecule has 2 N–H and O–H groups in total. The van der Waals surface area contributed by atoms with Gasteiger partial charge in [-0.15, -0.1) is 0 Å². The maximum Gasteiger partial charge on any atom is 0.220 e. The van der Waals surface area contributed by atoms with E-state index in [2.05, 4.69) is 5.32 Å². The second kappa shape index (κ2) is 8.97. The van der Waals surface area contributed by atoms with Crippen molar-refractivity contribution in [2.45, 2.75) is 51.4 Å². The fourth-order valence-electron chi connectivity index (χ4n) is 3.23. The Labute approximate surface area is 149 Å². The van der Waals surface area contributed by atoms with Crippen LogP contribution in [0.3, 0.4) is 0 Å². The van der Waals surface area contributed by atoms with Gasteiger partial charge in [0, 0.05) is 40.1 Å². The Morgan fingerprint density at radius 2 is 1.96 bits per heavy atom. The Morgan fingerprint density at radius 3 is 2.56 bits per heavy atom. The maximum absolute atomic E-state index is 12.2. The van der Waals surface area contributed by atoms with Crippen LogP contribution >= 0.6 is 0 Å². The number of aliphatic hydroxyl groups excluding tert-OH is 1. The van der Waals surface area contributed by atoms with Gasteiger partial charge in [0.2, 0.25) is 11.8 Å². The summed E-state index contributed by atoms with van der Waals surface area (Å²) < 4.78 is 5.70. The first kappa shape index (κ1) is 19.4. The monoisotopic (exact) mass is 348 g/mol. The van der Waals surface area contributed by atoms with Crippen molar-refractivity contribution in [1.29, 1.82) is 0 Å². The SMILES string of the molecule is COC1(CCC(=O)NCc2ccc(CO)cc2)CCCN(C(C)=O)C1. The van der Waals surface area contributed by atoms with Crippen LogP contribution in [-0.4, -0.2) is 47.6 Å². The molecule has 1 heterocycles. The van der Waals surface area contributed by atoms with Crippen molar-refractivity contribution in [3.05, 3.63) is 35.4 Å². The molecular formula is C19H28N2O4. The minimum absolute atomic E-state index is 0.0169. The van der Waals surface area contributed by atoms with Crippen molar-refractivity contribution in [3.63, 3.8) is 0 Å². The summed E-state index contributed by atoms with van der Waals surface area (Å²) in [5.74, 6) is 0.0273. The largest absolute Gasteiger partial charge is 0.392 e. The van der Waals surface area contributed by atoms with Crippen LogP contribution in [-0.2, 0) is 27.5 Å². The van der Waals surface area contributed by atoms with E-state index in [0.717, 1.165) is 30.5 Å². The summed E-state index contributed by atoms with van der Waals surface area (Å²) in [7, 11) is 1.66. The van der Waals surface area contributed by atoms with Gasteiger partial charge in [-0.25, -0.2) is 0 Å². The van der Waals surface area contributed by atoms with E-state index in [9.17, 15) is 9.59 Å². The van der Waals surface area contributed by atoms with Crippen molar-refractivity contribution in [3.8, 4) is 0 Å². The van der Waals surface area contributed by atoms with Gasteiger partial charge in [0.1, 0.15) is 0 Å². The summed E-state index contributed by atoms with van der Waals surface area (Å²) in [4.78, 5) is 25.6. The molecule has 6 heteroatoms. The molecule has 0 saturated carbocycles. The lowest BCUT2D eigenvalue weighted by Crippen LogP contribution is -2.51. The summed E-state index contributed by atoms with van der Waals surface area (Å²) in [6, 6.07) is 7.49. The average molecular weight is 348 g/mol. The molecule has 2 amide bonds. The summed E-state index contributed by atoms with van der Waals surface area (Å²) >= 11 is 0. The second-order valence-corrected chi connectivity index (χ2v) is 6.68. The van der Waals surface area contributed by atoms with Crippen LogP contribution in [0.5, 0.6) is 0 Å². The first-order chi connectivity index (χ1) is 12.0. The van der Waals surface area contributed by atoms with Crippen molar-refractivity contribution >= 4 is 11.8 Å². The lowest BCUT2D eigenvalue weighted by molar-refractivity contribution is -0.139. The summed E-state index contributed by atoms with van der Waals surface area (Å²) in [5.41, 5.74) is 1.42. The van der Waals surface area contributed by atoms with Crippen molar-refractivity contribution in [2.24, 2.45) is 0 Å². The van der Waals surface area contributed by atoms with Gasteiger partial charge in [0.15, 0.2) is 0 Å². The third kappa shape index (κ3) is 5.54. The molecule has 25 heavy (non-hydrogen) atoms. The first-order valence-corrected chi connectivity index (χ1v) is 8.74. The summed E-state index contributed by atoms with van der Waals surface area (Å²) in [6.45, 7) is 3.36. The van der Waals surface area contributed by atoms with E-state index in [0.29, 0.717) is 25.9 Å². The molecule has 0 spiro atoms. The number of rotatable bonds is 7. The smallest absolute Gasteiger partial charge is 0.220 e. The number of piperidine rings is 1. The van der Waals surface area contributed by atoms with E-state index in [1.54, 1.807) is 18.9 Å². The van der Waals surface area contributed by atoms with Gasteiger partial charge in [-0.1, -0.05) is 24.3 Å². The molecular weight excluding hydrogens is 320 g/mol. The number of benzene rings is 1. The van der Waals surface area contributed by atoms with Crippen molar-refractivity contribution in [2.75, 3.05) is 20.2 Å². The average Bonchev–Trinajstić information content (AvgIpc) is 2.65. The minimum atomic E-state index is -0.427. The lowest BCUT2D eigenvalue weighted by atomic mass is 9.87. The predicted molar refractivity (Wildman–Crippen MR) is 94.7 cm³/mol. The summed E-state index contributed by atoms with van der Waals surface area (Å²) in [6.07, 6.45) is 2.73. The molecule has 1 unspecified atom stereocenters. The van der Waals surface area contributed by atoms with E-state index >= 15 is 0 Å². The highest BCUT2D eigenvalue weighted by Crippen LogP contribution is 2.29. The number of amides is 2. The molecule has 1 saturated heterocycles. The van der Waals surface area contributed by atoms with Crippen LogP contribution < -0.4 is 5.32 Å². The highest BCUT2D eigenvalue weighted by atomic mass is 16.5. The lowest BCUT2D eigenvalue weighted by Gasteiger charge is -2.41. The number of aliphatic hydroxyl groups is 1. The van der Waals surface area contributed by atoms with Crippen LogP contribution in [0, 0.1) is 0 Å². The van der Waals surface area contributed by atoms with E-state index in [4.69, 9.17) is 9.84 Å². The van der Waals surface area contributed by atoms with E-state index in [1.807, 2.05) is 24.3 Å². The molecule has 0 aromatic heterocycles. The maximum atomic E-state index is 12.2. The third-order valence-corrected chi connectivity index (χ3v) is 4.92. The summed E-state index contributed by atoms with van der Waals surface area (Å²) in [5, 5.41) is 11.9. The highest BCUT2D eigenvalue weighted by molar-refractivity contribution is 5.76. The highest BCUT2D eigenvalue weighted by Gasteiger charge is 2.36. The second-order valence-electron chi connectivity index (χ2n) is 6.68. The molecule has 1 aromatic carbocycles. The van der Waals surface area contributed by atoms with E-state index < -0.39 is 5.60 Å². The molecule has 6 nitrogen and oxygen atoms in total. The molecule has 1 aliphatic rings. The zero-order valence-electron chi connectivity index (χ0n) is 15.1. The molecule has 0 bridgehead atoms. The van der Waals surface area contributed by atoms with Crippen LogP contribution in [0.2, 0.25) is 0 Å². The van der Waals surface area contributed by atoms with Gasteiger partial charge in [0.25, 0.3) is 0 Å². The van der Waals surface area contributed by atoms with Gasteiger partial charge in [0.05, 0.1) is 12.2 Å². The number of carbonyl (C=O) groups is 2.